The Morgan fingerprint density at radius 2 is 1.88 bits per heavy atom. The van der Waals surface area contributed by atoms with E-state index in [0.717, 1.165) is 6.07 Å². The highest BCUT2D eigenvalue weighted by molar-refractivity contribution is 5.79. The van der Waals surface area contributed by atoms with Crippen molar-refractivity contribution in [1.82, 2.24) is 10.2 Å². The fourth-order valence-corrected chi connectivity index (χ4v) is 2.71. The standard InChI is InChI=1S/C18H19F3N2O2/c1-13(24)23-11-8-15(9-12-23)17(25)22-10-4-6-14-5-2-3-7-16(14)18(19,20)21/h2-3,5,7,15H,8-12H2,1H3,(H,22,25). The first-order valence-electron chi connectivity index (χ1n) is 7.97. The number of benzene rings is 1. The predicted molar refractivity (Wildman–Crippen MR) is 86.3 cm³/mol. The summed E-state index contributed by atoms with van der Waals surface area (Å²) in [6.07, 6.45) is -3.30. The zero-order valence-electron chi connectivity index (χ0n) is 13.8. The summed E-state index contributed by atoms with van der Waals surface area (Å²) in [5.41, 5.74) is -0.899. The van der Waals surface area contributed by atoms with Gasteiger partial charge in [-0.3, -0.25) is 9.59 Å². The Labute approximate surface area is 144 Å². The summed E-state index contributed by atoms with van der Waals surface area (Å²) in [5, 5.41) is 2.63. The summed E-state index contributed by atoms with van der Waals surface area (Å²) < 4.78 is 38.6. The molecule has 0 aliphatic carbocycles. The van der Waals surface area contributed by atoms with E-state index in [1.807, 2.05) is 0 Å². The summed E-state index contributed by atoms with van der Waals surface area (Å²) in [5.74, 6) is 4.65. The molecule has 1 heterocycles. The molecule has 4 nitrogen and oxygen atoms in total. The van der Waals surface area contributed by atoms with Crippen LogP contribution in [0.15, 0.2) is 24.3 Å². The molecule has 7 heteroatoms. The molecular formula is C18H19F3N2O2. The molecule has 1 aliphatic rings. The van der Waals surface area contributed by atoms with E-state index >= 15 is 0 Å². The summed E-state index contributed by atoms with van der Waals surface area (Å²) in [4.78, 5) is 25.0. The monoisotopic (exact) mass is 352 g/mol. The third-order valence-electron chi connectivity index (χ3n) is 4.12. The maximum atomic E-state index is 12.9. The highest BCUT2D eigenvalue weighted by atomic mass is 19.4. The van der Waals surface area contributed by atoms with Crippen LogP contribution in [0.25, 0.3) is 0 Å². The van der Waals surface area contributed by atoms with Gasteiger partial charge in [-0.15, -0.1) is 0 Å². The van der Waals surface area contributed by atoms with Gasteiger partial charge >= 0.3 is 6.18 Å². The van der Waals surface area contributed by atoms with E-state index in [9.17, 15) is 22.8 Å². The van der Waals surface area contributed by atoms with Gasteiger partial charge in [0.05, 0.1) is 12.1 Å². The molecule has 134 valence electrons. The van der Waals surface area contributed by atoms with Gasteiger partial charge in [-0.1, -0.05) is 24.0 Å². The van der Waals surface area contributed by atoms with Gasteiger partial charge in [0.25, 0.3) is 0 Å². The third kappa shape index (κ3) is 5.24. The normalized spacial score (nSPS) is 15.3. The quantitative estimate of drug-likeness (QED) is 0.831. The minimum atomic E-state index is -4.46. The second-order valence-electron chi connectivity index (χ2n) is 5.84. The molecular weight excluding hydrogens is 333 g/mol. The van der Waals surface area contributed by atoms with Crippen molar-refractivity contribution >= 4 is 11.8 Å². The molecule has 2 amide bonds. The van der Waals surface area contributed by atoms with Gasteiger partial charge in [0, 0.05) is 31.5 Å². The molecule has 0 saturated carbocycles. The lowest BCUT2D eigenvalue weighted by molar-refractivity contribution is -0.137. The van der Waals surface area contributed by atoms with Crippen LogP contribution in [0.2, 0.25) is 0 Å². The summed E-state index contributed by atoms with van der Waals surface area (Å²) in [6.45, 7) is 2.56. The van der Waals surface area contributed by atoms with Crippen molar-refractivity contribution < 1.29 is 22.8 Å². The van der Waals surface area contributed by atoms with Gasteiger partial charge in [0.15, 0.2) is 0 Å². The molecule has 0 unspecified atom stereocenters. The number of likely N-dealkylation sites (tertiary alicyclic amines) is 1. The van der Waals surface area contributed by atoms with Gasteiger partial charge in [-0.05, 0) is 25.0 Å². The summed E-state index contributed by atoms with van der Waals surface area (Å²) in [6, 6.07) is 5.07. The van der Waals surface area contributed by atoms with Crippen molar-refractivity contribution in [2.75, 3.05) is 19.6 Å². The molecule has 2 rings (SSSR count). The second-order valence-corrected chi connectivity index (χ2v) is 5.84. The molecule has 1 fully saturated rings. The molecule has 1 aliphatic heterocycles. The Morgan fingerprint density at radius 3 is 2.48 bits per heavy atom. The lowest BCUT2D eigenvalue weighted by Gasteiger charge is -2.30. The first kappa shape index (κ1) is 18.8. The van der Waals surface area contributed by atoms with Crippen molar-refractivity contribution in [3.63, 3.8) is 0 Å². The number of halogens is 3. The van der Waals surface area contributed by atoms with Crippen molar-refractivity contribution in [1.29, 1.82) is 0 Å². The molecule has 0 aromatic heterocycles. The number of nitrogens with one attached hydrogen (secondary N) is 1. The number of alkyl halides is 3. The van der Waals surface area contributed by atoms with Gasteiger partial charge in [0.1, 0.15) is 0 Å². The van der Waals surface area contributed by atoms with Crippen LogP contribution in [0.5, 0.6) is 0 Å². The highest BCUT2D eigenvalue weighted by Crippen LogP contribution is 2.31. The van der Waals surface area contributed by atoms with Crippen LogP contribution in [0.4, 0.5) is 13.2 Å². The molecule has 1 N–H and O–H groups in total. The first-order valence-corrected chi connectivity index (χ1v) is 7.97. The number of carbonyl (C=O) groups excluding carboxylic acids is 2. The molecule has 25 heavy (non-hydrogen) atoms. The molecule has 1 saturated heterocycles. The number of nitrogens with zero attached hydrogens (tertiary/aromatic N) is 1. The highest BCUT2D eigenvalue weighted by Gasteiger charge is 2.32. The lowest BCUT2D eigenvalue weighted by Crippen LogP contribution is -2.42. The fourth-order valence-electron chi connectivity index (χ4n) is 2.71. The molecule has 0 spiro atoms. The summed E-state index contributed by atoms with van der Waals surface area (Å²) in [7, 11) is 0. The van der Waals surface area contributed by atoms with Gasteiger partial charge in [0.2, 0.25) is 11.8 Å². The second kappa shape index (κ2) is 8.06. The van der Waals surface area contributed by atoms with E-state index in [1.165, 1.54) is 25.1 Å². The minimum absolute atomic E-state index is 0.00643. The van der Waals surface area contributed by atoms with Gasteiger partial charge in [-0.25, -0.2) is 0 Å². The fraction of sp³-hybridized carbons (Fsp3) is 0.444. The SMILES string of the molecule is CC(=O)N1CCC(C(=O)NCC#Cc2ccccc2C(F)(F)F)CC1. The van der Waals surface area contributed by atoms with Crippen LogP contribution >= 0.6 is 0 Å². The van der Waals surface area contributed by atoms with Crippen LogP contribution in [-0.2, 0) is 15.8 Å². The Morgan fingerprint density at radius 1 is 1.24 bits per heavy atom. The van der Waals surface area contributed by atoms with Crippen LogP contribution in [0.3, 0.4) is 0 Å². The van der Waals surface area contributed by atoms with E-state index in [-0.39, 0.29) is 29.8 Å². The minimum Gasteiger partial charge on any atom is -0.345 e. The molecule has 1 aromatic rings. The van der Waals surface area contributed by atoms with Crippen LogP contribution in [0.1, 0.15) is 30.9 Å². The van der Waals surface area contributed by atoms with Crippen LogP contribution in [0, 0.1) is 17.8 Å². The number of amides is 2. The van der Waals surface area contributed by atoms with E-state index in [1.54, 1.807) is 4.90 Å². The number of hydrogen-bond acceptors (Lipinski definition) is 2. The summed E-state index contributed by atoms with van der Waals surface area (Å²) >= 11 is 0. The van der Waals surface area contributed by atoms with Gasteiger partial charge < -0.3 is 10.2 Å². The zero-order chi connectivity index (χ0) is 18.4. The van der Waals surface area contributed by atoms with E-state index < -0.39 is 11.7 Å². The van der Waals surface area contributed by atoms with Crippen molar-refractivity contribution in [3.8, 4) is 11.8 Å². The lowest BCUT2D eigenvalue weighted by atomic mass is 9.96. The molecule has 0 atom stereocenters. The van der Waals surface area contributed by atoms with E-state index in [0.29, 0.717) is 25.9 Å². The molecule has 0 radical (unpaired) electrons. The van der Waals surface area contributed by atoms with Crippen molar-refractivity contribution in [3.05, 3.63) is 35.4 Å². The number of piperidine rings is 1. The van der Waals surface area contributed by atoms with Crippen LogP contribution < -0.4 is 5.32 Å². The van der Waals surface area contributed by atoms with E-state index in [2.05, 4.69) is 17.2 Å². The smallest absolute Gasteiger partial charge is 0.345 e. The maximum Gasteiger partial charge on any atom is 0.417 e. The maximum absolute atomic E-state index is 12.9. The van der Waals surface area contributed by atoms with Crippen molar-refractivity contribution in [2.24, 2.45) is 5.92 Å². The van der Waals surface area contributed by atoms with E-state index in [4.69, 9.17) is 0 Å². The first-order chi connectivity index (χ1) is 11.8. The molecule has 0 bridgehead atoms. The topological polar surface area (TPSA) is 49.4 Å². The number of carbonyl (C=O) groups is 2. The Balaban J connectivity index is 1.87. The average Bonchev–Trinajstić information content (AvgIpc) is 2.58. The number of hydrogen-bond donors (Lipinski definition) is 1. The Kier molecular flexibility index (Phi) is 6.07. The average molecular weight is 352 g/mol. The van der Waals surface area contributed by atoms with Crippen molar-refractivity contribution in [2.45, 2.75) is 25.9 Å². The molecule has 1 aromatic carbocycles. The Bertz CT molecular complexity index is 696. The predicted octanol–water partition coefficient (Wildman–Crippen LogP) is 2.43. The number of rotatable bonds is 2. The zero-order valence-corrected chi connectivity index (χ0v) is 13.8. The largest absolute Gasteiger partial charge is 0.417 e. The Hall–Kier alpha value is -2.49. The van der Waals surface area contributed by atoms with Gasteiger partial charge in [-0.2, -0.15) is 13.2 Å². The third-order valence-corrected chi connectivity index (χ3v) is 4.12. The van der Waals surface area contributed by atoms with Crippen LogP contribution in [-0.4, -0.2) is 36.3 Å².